The Kier molecular flexibility index (Phi) is 5.34. The van der Waals surface area contributed by atoms with E-state index in [-0.39, 0.29) is 11.7 Å². The van der Waals surface area contributed by atoms with E-state index in [4.69, 9.17) is 5.26 Å². The van der Waals surface area contributed by atoms with Gasteiger partial charge < -0.3 is 9.88 Å². The highest BCUT2D eigenvalue weighted by molar-refractivity contribution is 7.99. The number of benzene rings is 2. The molecular formula is C19H17N5OS. The average molecular weight is 363 g/mol. The normalized spacial score (nSPS) is 10.3. The van der Waals surface area contributed by atoms with Gasteiger partial charge in [0.05, 0.1) is 17.0 Å². The third kappa shape index (κ3) is 3.92. The molecule has 130 valence electrons. The Hall–Kier alpha value is -3.11. The molecule has 1 amide bonds. The first kappa shape index (κ1) is 17.7. The number of aromatic nitrogens is 3. The smallest absolute Gasteiger partial charge is 0.234 e. The number of nitriles is 1. The monoisotopic (exact) mass is 363 g/mol. The molecule has 0 aliphatic heterocycles. The van der Waals surface area contributed by atoms with Gasteiger partial charge in [-0.05, 0) is 25.1 Å². The zero-order valence-corrected chi connectivity index (χ0v) is 15.2. The van der Waals surface area contributed by atoms with E-state index >= 15 is 0 Å². The summed E-state index contributed by atoms with van der Waals surface area (Å²) in [6, 6.07) is 17.0. The van der Waals surface area contributed by atoms with Gasteiger partial charge in [-0.1, -0.05) is 47.7 Å². The molecule has 1 aromatic heterocycles. The summed E-state index contributed by atoms with van der Waals surface area (Å²) in [4.78, 5) is 12.2. The highest BCUT2D eigenvalue weighted by Crippen LogP contribution is 2.23. The summed E-state index contributed by atoms with van der Waals surface area (Å²) < 4.78 is 1.87. The predicted octanol–water partition coefficient (Wildman–Crippen LogP) is 3.39. The molecule has 0 aliphatic rings. The van der Waals surface area contributed by atoms with Crippen molar-refractivity contribution >= 4 is 23.4 Å². The Morgan fingerprint density at radius 3 is 2.81 bits per heavy atom. The molecule has 0 spiro atoms. The first-order chi connectivity index (χ1) is 12.6. The maximum Gasteiger partial charge on any atom is 0.234 e. The lowest BCUT2D eigenvalue weighted by Gasteiger charge is -2.07. The van der Waals surface area contributed by atoms with Crippen molar-refractivity contribution < 1.29 is 4.79 Å². The maximum atomic E-state index is 12.2. The van der Waals surface area contributed by atoms with Crippen LogP contribution in [-0.4, -0.2) is 26.4 Å². The van der Waals surface area contributed by atoms with Crippen LogP contribution in [-0.2, 0) is 11.8 Å². The third-order valence-electron chi connectivity index (χ3n) is 3.77. The highest BCUT2D eigenvalue weighted by Gasteiger charge is 2.13. The van der Waals surface area contributed by atoms with Gasteiger partial charge in [0.1, 0.15) is 6.07 Å². The van der Waals surface area contributed by atoms with Crippen LogP contribution in [0.3, 0.4) is 0 Å². The molecule has 0 bridgehead atoms. The van der Waals surface area contributed by atoms with Crippen molar-refractivity contribution in [1.29, 1.82) is 5.26 Å². The molecule has 26 heavy (non-hydrogen) atoms. The number of anilines is 1. The lowest BCUT2D eigenvalue weighted by Crippen LogP contribution is -2.15. The number of rotatable bonds is 5. The van der Waals surface area contributed by atoms with Crippen LogP contribution in [0, 0.1) is 18.3 Å². The topological polar surface area (TPSA) is 83.6 Å². The summed E-state index contributed by atoms with van der Waals surface area (Å²) in [5.74, 6) is 0.740. The summed E-state index contributed by atoms with van der Waals surface area (Å²) in [6.45, 7) is 2.03. The van der Waals surface area contributed by atoms with Crippen LogP contribution in [0.2, 0.25) is 0 Å². The molecule has 3 aromatic rings. The number of amides is 1. The summed E-state index contributed by atoms with van der Waals surface area (Å²) >= 11 is 1.30. The van der Waals surface area contributed by atoms with Gasteiger partial charge in [0.15, 0.2) is 11.0 Å². The van der Waals surface area contributed by atoms with Crippen molar-refractivity contribution in [3.63, 3.8) is 0 Å². The lowest BCUT2D eigenvalue weighted by molar-refractivity contribution is -0.113. The number of carbonyl (C=O) groups excluding carboxylic acids is 1. The largest absolute Gasteiger partial charge is 0.324 e. The Morgan fingerprint density at radius 2 is 2.04 bits per heavy atom. The SMILES string of the molecule is Cc1cccc(-c2nnc(SCC(=O)Nc3ccccc3C#N)n2C)c1. The Labute approximate surface area is 155 Å². The number of hydrogen-bond acceptors (Lipinski definition) is 5. The van der Waals surface area contributed by atoms with Gasteiger partial charge in [-0.3, -0.25) is 4.79 Å². The second kappa shape index (κ2) is 7.85. The molecule has 0 unspecified atom stereocenters. The van der Waals surface area contributed by atoms with Crippen molar-refractivity contribution in [3.8, 4) is 17.5 Å². The van der Waals surface area contributed by atoms with E-state index in [0.717, 1.165) is 17.0 Å². The lowest BCUT2D eigenvalue weighted by atomic mass is 10.1. The number of para-hydroxylation sites is 1. The van der Waals surface area contributed by atoms with E-state index in [1.807, 2.05) is 42.8 Å². The molecule has 1 N–H and O–H groups in total. The van der Waals surface area contributed by atoms with Gasteiger partial charge >= 0.3 is 0 Å². The zero-order chi connectivity index (χ0) is 18.5. The minimum absolute atomic E-state index is 0.180. The van der Waals surface area contributed by atoms with Gasteiger partial charge in [0.2, 0.25) is 5.91 Å². The van der Waals surface area contributed by atoms with E-state index in [9.17, 15) is 4.79 Å². The first-order valence-electron chi connectivity index (χ1n) is 7.96. The van der Waals surface area contributed by atoms with Gasteiger partial charge in [0, 0.05) is 12.6 Å². The van der Waals surface area contributed by atoms with Gasteiger partial charge in [-0.2, -0.15) is 5.26 Å². The van der Waals surface area contributed by atoms with Crippen LogP contribution in [0.5, 0.6) is 0 Å². The average Bonchev–Trinajstić information content (AvgIpc) is 3.01. The molecule has 0 aliphatic carbocycles. The molecule has 7 heteroatoms. The fourth-order valence-corrected chi connectivity index (χ4v) is 3.19. The summed E-state index contributed by atoms with van der Waals surface area (Å²) in [6.07, 6.45) is 0. The summed E-state index contributed by atoms with van der Waals surface area (Å²) in [7, 11) is 1.88. The van der Waals surface area contributed by atoms with E-state index in [0.29, 0.717) is 16.4 Å². The number of nitrogens with one attached hydrogen (secondary N) is 1. The van der Waals surface area contributed by atoms with Crippen LogP contribution in [0.1, 0.15) is 11.1 Å². The number of thioether (sulfide) groups is 1. The molecule has 0 atom stereocenters. The Morgan fingerprint density at radius 1 is 1.23 bits per heavy atom. The van der Waals surface area contributed by atoms with E-state index in [2.05, 4.69) is 21.6 Å². The highest BCUT2D eigenvalue weighted by atomic mass is 32.2. The maximum absolute atomic E-state index is 12.2. The molecule has 0 saturated heterocycles. The van der Waals surface area contributed by atoms with Crippen molar-refractivity contribution in [3.05, 3.63) is 59.7 Å². The van der Waals surface area contributed by atoms with E-state index < -0.39 is 0 Å². The van der Waals surface area contributed by atoms with Crippen LogP contribution in [0.25, 0.3) is 11.4 Å². The van der Waals surface area contributed by atoms with E-state index in [1.165, 1.54) is 11.8 Å². The summed E-state index contributed by atoms with van der Waals surface area (Å²) in [5.41, 5.74) is 3.08. The number of carbonyl (C=O) groups is 1. The van der Waals surface area contributed by atoms with Gasteiger partial charge in [-0.25, -0.2) is 0 Å². The standard InChI is InChI=1S/C19H17N5OS/c1-13-6-5-8-14(10-13)18-22-23-19(24(18)2)26-12-17(25)21-16-9-4-3-7-15(16)11-20/h3-10H,12H2,1-2H3,(H,21,25). The van der Waals surface area contributed by atoms with Crippen molar-refractivity contribution in [1.82, 2.24) is 14.8 Å². The predicted molar refractivity (Wildman–Crippen MR) is 102 cm³/mol. The van der Waals surface area contributed by atoms with Gasteiger partial charge in [-0.15, -0.1) is 10.2 Å². The van der Waals surface area contributed by atoms with Crippen LogP contribution in [0.4, 0.5) is 5.69 Å². The molecule has 6 nitrogen and oxygen atoms in total. The molecule has 2 aromatic carbocycles. The molecule has 0 saturated carbocycles. The minimum atomic E-state index is -0.196. The zero-order valence-electron chi connectivity index (χ0n) is 14.4. The summed E-state index contributed by atoms with van der Waals surface area (Å²) in [5, 5.41) is 20.9. The van der Waals surface area contributed by atoms with Crippen LogP contribution in [0.15, 0.2) is 53.7 Å². The van der Waals surface area contributed by atoms with Crippen molar-refractivity contribution in [2.75, 3.05) is 11.1 Å². The Balaban J connectivity index is 1.67. The Bertz CT molecular complexity index is 990. The molecule has 1 heterocycles. The fourth-order valence-electron chi connectivity index (χ4n) is 2.48. The van der Waals surface area contributed by atoms with Crippen LogP contribution < -0.4 is 5.32 Å². The molecule has 0 fully saturated rings. The number of hydrogen-bond donors (Lipinski definition) is 1. The second-order valence-corrected chi connectivity index (χ2v) is 6.67. The van der Waals surface area contributed by atoms with Crippen molar-refractivity contribution in [2.45, 2.75) is 12.1 Å². The second-order valence-electron chi connectivity index (χ2n) is 5.73. The number of nitrogens with zero attached hydrogens (tertiary/aromatic N) is 4. The quantitative estimate of drug-likeness (QED) is 0.703. The first-order valence-corrected chi connectivity index (χ1v) is 8.95. The van der Waals surface area contributed by atoms with Crippen molar-refractivity contribution in [2.24, 2.45) is 7.05 Å². The van der Waals surface area contributed by atoms with Gasteiger partial charge in [0.25, 0.3) is 0 Å². The fraction of sp³-hybridized carbons (Fsp3) is 0.158. The van der Waals surface area contributed by atoms with E-state index in [1.54, 1.807) is 24.3 Å². The number of aryl methyl sites for hydroxylation is 1. The molecular weight excluding hydrogens is 346 g/mol. The molecule has 0 radical (unpaired) electrons. The third-order valence-corrected chi connectivity index (χ3v) is 4.79. The minimum Gasteiger partial charge on any atom is -0.324 e. The molecule has 3 rings (SSSR count). The van der Waals surface area contributed by atoms with Crippen LogP contribution >= 0.6 is 11.8 Å².